The molecule has 1 aromatic rings. The first kappa shape index (κ1) is 13.2. The highest BCUT2D eigenvalue weighted by Crippen LogP contribution is 2.28. The van der Waals surface area contributed by atoms with E-state index in [2.05, 4.69) is 20.3 Å². The molecule has 100 valence electrons. The Morgan fingerprint density at radius 2 is 2.00 bits per heavy atom. The number of halogens is 1. The first-order chi connectivity index (χ1) is 8.51. The average Bonchev–Trinajstić information content (AvgIpc) is 2.55. The van der Waals surface area contributed by atoms with Gasteiger partial charge in [-0.1, -0.05) is 0 Å². The summed E-state index contributed by atoms with van der Waals surface area (Å²) in [5.41, 5.74) is 5.41. The second-order valence-corrected chi connectivity index (χ2v) is 4.53. The molecule has 0 bridgehead atoms. The monoisotopic (exact) mass is 275 g/mol. The molecule has 0 unspecified atom stereocenters. The van der Waals surface area contributed by atoms with Crippen LogP contribution < -0.4 is 11.1 Å². The Balaban J connectivity index is 2.10. The summed E-state index contributed by atoms with van der Waals surface area (Å²) in [4.78, 5) is 11.2. The van der Waals surface area contributed by atoms with Gasteiger partial charge < -0.3 is 26.4 Å². The molecule has 0 aliphatic heterocycles. The van der Waals surface area contributed by atoms with Gasteiger partial charge >= 0.3 is 0 Å². The highest BCUT2D eigenvalue weighted by molar-refractivity contribution is 6.28. The number of aliphatic hydroxyl groups is 3. The van der Waals surface area contributed by atoms with Gasteiger partial charge in [-0.2, -0.15) is 15.0 Å². The largest absolute Gasteiger partial charge is 0.396 e. The number of nitrogens with one attached hydrogen (secondary N) is 1. The van der Waals surface area contributed by atoms with E-state index >= 15 is 0 Å². The van der Waals surface area contributed by atoms with Crippen LogP contribution in [0.2, 0.25) is 5.28 Å². The molecule has 1 aromatic heterocycles. The van der Waals surface area contributed by atoms with Crippen LogP contribution in [0.25, 0.3) is 0 Å². The number of nitrogen functional groups attached to an aromatic ring is 1. The van der Waals surface area contributed by atoms with Crippen LogP contribution in [0.3, 0.4) is 0 Å². The lowest BCUT2D eigenvalue weighted by Gasteiger charge is -2.17. The van der Waals surface area contributed by atoms with E-state index in [4.69, 9.17) is 22.4 Å². The van der Waals surface area contributed by atoms with Gasteiger partial charge in [0.15, 0.2) is 0 Å². The van der Waals surface area contributed by atoms with Crippen molar-refractivity contribution in [2.24, 2.45) is 5.92 Å². The number of nitrogens with two attached hydrogens (primary N) is 1. The van der Waals surface area contributed by atoms with E-state index in [1.807, 2.05) is 0 Å². The third-order valence-corrected chi connectivity index (χ3v) is 3.15. The van der Waals surface area contributed by atoms with Gasteiger partial charge in [0.05, 0.1) is 12.1 Å². The Morgan fingerprint density at radius 1 is 1.28 bits per heavy atom. The zero-order chi connectivity index (χ0) is 13.3. The number of hydrogen-bond donors (Lipinski definition) is 5. The van der Waals surface area contributed by atoms with Crippen LogP contribution in [-0.4, -0.2) is 55.1 Å². The molecule has 1 aliphatic rings. The van der Waals surface area contributed by atoms with Crippen LogP contribution in [0.5, 0.6) is 0 Å². The molecule has 1 fully saturated rings. The lowest BCUT2D eigenvalue weighted by Crippen LogP contribution is -2.35. The molecule has 6 N–H and O–H groups in total. The van der Waals surface area contributed by atoms with E-state index < -0.39 is 18.2 Å². The summed E-state index contributed by atoms with van der Waals surface area (Å²) in [5, 5.41) is 31.3. The van der Waals surface area contributed by atoms with Crippen molar-refractivity contribution in [2.45, 2.75) is 24.7 Å². The molecule has 0 saturated heterocycles. The third-order valence-electron chi connectivity index (χ3n) is 2.98. The SMILES string of the molecule is Nc1nc(Cl)nc(N[C@@H]2C[C@H](CO)[C@@H](O)[C@H]2O)n1. The van der Waals surface area contributed by atoms with Crippen LogP contribution in [0.1, 0.15) is 6.42 Å². The fourth-order valence-corrected chi connectivity index (χ4v) is 2.21. The normalized spacial score (nSPS) is 31.6. The van der Waals surface area contributed by atoms with E-state index in [1.54, 1.807) is 0 Å². The Morgan fingerprint density at radius 3 is 2.56 bits per heavy atom. The smallest absolute Gasteiger partial charge is 0.229 e. The minimum absolute atomic E-state index is 0.0377. The van der Waals surface area contributed by atoms with Gasteiger partial charge in [-0.25, -0.2) is 0 Å². The molecule has 2 rings (SSSR count). The quantitative estimate of drug-likeness (QED) is 0.455. The second kappa shape index (κ2) is 5.19. The average molecular weight is 276 g/mol. The molecule has 18 heavy (non-hydrogen) atoms. The van der Waals surface area contributed by atoms with Gasteiger partial charge in [0.25, 0.3) is 0 Å². The number of anilines is 2. The molecule has 0 amide bonds. The lowest BCUT2D eigenvalue weighted by atomic mass is 10.1. The van der Waals surface area contributed by atoms with Gasteiger partial charge in [0, 0.05) is 12.5 Å². The third kappa shape index (κ3) is 2.61. The summed E-state index contributed by atoms with van der Waals surface area (Å²) in [7, 11) is 0. The fraction of sp³-hybridized carbons (Fsp3) is 0.667. The molecule has 1 aliphatic carbocycles. The standard InChI is InChI=1S/C9H14ClN5O3/c10-7-13-8(11)15-9(14-7)12-4-1-3(2-16)5(17)6(4)18/h3-6,16-18H,1-2H2,(H3,11,12,13,14,15)/t3-,4-,5-,6+/m1/s1. The molecule has 0 spiro atoms. The Labute approximate surface area is 108 Å². The molecule has 0 radical (unpaired) electrons. The van der Waals surface area contributed by atoms with E-state index in [0.717, 1.165) is 0 Å². The van der Waals surface area contributed by atoms with Crippen LogP contribution >= 0.6 is 11.6 Å². The van der Waals surface area contributed by atoms with E-state index in [-0.39, 0.29) is 29.7 Å². The fourth-order valence-electron chi connectivity index (χ4n) is 2.04. The molecule has 0 aromatic carbocycles. The first-order valence-electron chi connectivity index (χ1n) is 5.42. The Bertz CT molecular complexity index is 414. The number of aromatic nitrogens is 3. The minimum atomic E-state index is -1.01. The van der Waals surface area contributed by atoms with Crippen LogP contribution in [0.4, 0.5) is 11.9 Å². The summed E-state index contributed by atoms with van der Waals surface area (Å²) in [6, 6.07) is -0.477. The topological polar surface area (TPSA) is 137 Å². The van der Waals surface area contributed by atoms with Crippen molar-refractivity contribution in [3.05, 3.63) is 5.28 Å². The minimum Gasteiger partial charge on any atom is -0.396 e. The molecule has 1 saturated carbocycles. The summed E-state index contributed by atoms with van der Waals surface area (Å²) in [6.45, 7) is -0.198. The lowest BCUT2D eigenvalue weighted by molar-refractivity contribution is 0.00443. The van der Waals surface area contributed by atoms with Gasteiger partial charge in [-0.15, -0.1) is 0 Å². The van der Waals surface area contributed by atoms with Crippen molar-refractivity contribution in [3.8, 4) is 0 Å². The summed E-state index contributed by atoms with van der Waals surface area (Å²) >= 11 is 5.62. The summed E-state index contributed by atoms with van der Waals surface area (Å²) in [5.74, 6) is -0.293. The summed E-state index contributed by atoms with van der Waals surface area (Å²) < 4.78 is 0. The van der Waals surface area contributed by atoms with Gasteiger partial charge in [-0.05, 0) is 18.0 Å². The highest BCUT2D eigenvalue weighted by atomic mass is 35.5. The molecular weight excluding hydrogens is 262 g/mol. The van der Waals surface area contributed by atoms with Crippen LogP contribution in [0.15, 0.2) is 0 Å². The van der Waals surface area contributed by atoms with E-state index in [0.29, 0.717) is 6.42 Å². The van der Waals surface area contributed by atoms with Crippen LogP contribution in [0, 0.1) is 5.92 Å². The number of hydrogen-bond acceptors (Lipinski definition) is 8. The first-order valence-corrected chi connectivity index (χ1v) is 5.79. The van der Waals surface area contributed by atoms with Crippen molar-refractivity contribution in [1.82, 2.24) is 15.0 Å². The van der Waals surface area contributed by atoms with Crippen molar-refractivity contribution >= 4 is 23.5 Å². The number of rotatable bonds is 3. The maximum atomic E-state index is 9.80. The number of aliphatic hydroxyl groups excluding tert-OH is 3. The molecule has 8 nitrogen and oxygen atoms in total. The Kier molecular flexibility index (Phi) is 3.81. The van der Waals surface area contributed by atoms with Crippen LogP contribution in [-0.2, 0) is 0 Å². The second-order valence-electron chi connectivity index (χ2n) is 4.20. The van der Waals surface area contributed by atoms with Gasteiger partial charge in [0.1, 0.15) is 6.10 Å². The van der Waals surface area contributed by atoms with E-state index in [1.165, 1.54) is 0 Å². The molecular formula is C9H14ClN5O3. The van der Waals surface area contributed by atoms with Crippen molar-refractivity contribution in [2.75, 3.05) is 17.7 Å². The van der Waals surface area contributed by atoms with Gasteiger partial charge in [0.2, 0.25) is 17.2 Å². The highest BCUT2D eigenvalue weighted by Gasteiger charge is 2.41. The molecule has 4 atom stereocenters. The summed E-state index contributed by atoms with van der Waals surface area (Å²) in [6.07, 6.45) is -1.61. The van der Waals surface area contributed by atoms with E-state index in [9.17, 15) is 10.2 Å². The maximum absolute atomic E-state index is 9.80. The predicted octanol–water partition coefficient (Wildman–Crippen LogP) is -1.38. The molecule has 9 heteroatoms. The zero-order valence-corrected chi connectivity index (χ0v) is 10.1. The number of nitrogens with zero attached hydrogens (tertiary/aromatic N) is 3. The zero-order valence-electron chi connectivity index (χ0n) is 9.36. The van der Waals surface area contributed by atoms with Crippen molar-refractivity contribution in [1.29, 1.82) is 0 Å². The van der Waals surface area contributed by atoms with Crippen molar-refractivity contribution < 1.29 is 15.3 Å². The Hall–Kier alpha value is -1.22. The molecule has 1 heterocycles. The van der Waals surface area contributed by atoms with Crippen molar-refractivity contribution in [3.63, 3.8) is 0 Å². The van der Waals surface area contributed by atoms with Gasteiger partial charge in [-0.3, -0.25) is 0 Å². The predicted molar refractivity (Wildman–Crippen MR) is 63.9 cm³/mol. The maximum Gasteiger partial charge on any atom is 0.229 e.